The Morgan fingerprint density at radius 2 is 2.09 bits per heavy atom. The number of nitrogens with one attached hydrogen (secondary N) is 1. The number of aromatic amines is 1. The van der Waals surface area contributed by atoms with Crippen LogP contribution in [0.4, 0.5) is 0 Å². The molecule has 0 spiro atoms. The van der Waals surface area contributed by atoms with Gasteiger partial charge in [-0.1, -0.05) is 32.2 Å². The van der Waals surface area contributed by atoms with Crippen molar-refractivity contribution in [2.45, 2.75) is 46.0 Å². The molecule has 0 unspecified atom stereocenters. The number of unbranched alkanes of at least 4 members (excludes halogenated alkanes) is 2. The first-order valence-corrected chi connectivity index (χ1v) is 7.41. The predicted molar refractivity (Wildman–Crippen MR) is 86.7 cm³/mol. The number of nitrogens with two attached hydrogens (primary N) is 1. The summed E-state index contributed by atoms with van der Waals surface area (Å²) >= 11 is 0. The van der Waals surface area contributed by atoms with Crippen molar-refractivity contribution < 1.29 is 44.3 Å². The second-order valence-electron chi connectivity index (χ2n) is 5.23. The SMILES string of the molecule is CCCCCc1[nH]c2c[c-]c(C)cc2c1CC(N)=O.O=CO.[Na+]. The van der Waals surface area contributed by atoms with Gasteiger partial charge in [-0.3, -0.25) is 9.59 Å². The van der Waals surface area contributed by atoms with E-state index in [0.717, 1.165) is 40.6 Å². The molecule has 0 aliphatic carbocycles. The van der Waals surface area contributed by atoms with Gasteiger partial charge in [0, 0.05) is 5.69 Å². The van der Waals surface area contributed by atoms with E-state index in [1.807, 2.05) is 13.0 Å². The van der Waals surface area contributed by atoms with Gasteiger partial charge in [-0.15, -0.1) is 5.39 Å². The molecule has 5 nitrogen and oxygen atoms in total. The van der Waals surface area contributed by atoms with Crippen molar-refractivity contribution in [2.75, 3.05) is 0 Å². The zero-order valence-corrected chi connectivity index (χ0v) is 16.1. The van der Waals surface area contributed by atoms with Crippen LogP contribution in [0.25, 0.3) is 10.9 Å². The molecule has 2 aromatic rings. The molecule has 0 aliphatic heterocycles. The maximum atomic E-state index is 11.3. The van der Waals surface area contributed by atoms with Crippen LogP contribution < -0.4 is 35.3 Å². The van der Waals surface area contributed by atoms with Crippen molar-refractivity contribution >= 4 is 23.3 Å². The summed E-state index contributed by atoms with van der Waals surface area (Å²) in [7, 11) is 0. The number of hydrogen-bond acceptors (Lipinski definition) is 2. The fourth-order valence-electron chi connectivity index (χ4n) is 2.49. The van der Waals surface area contributed by atoms with Crippen molar-refractivity contribution in [3.8, 4) is 0 Å². The average molecular weight is 326 g/mol. The molecule has 1 aromatic carbocycles. The van der Waals surface area contributed by atoms with Crippen LogP contribution in [0.15, 0.2) is 12.1 Å². The number of benzene rings is 1. The third-order valence-electron chi connectivity index (χ3n) is 3.45. The fraction of sp³-hybridized carbons (Fsp3) is 0.412. The van der Waals surface area contributed by atoms with Gasteiger partial charge in [0.05, 0.1) is 6.42 Å². The number of carbonyl (C=O) groups excluding carboxylic acids is 1. The van der Waals surface area contributed by atoms with Crippen molar-refractivity contribution in [1.82, 2.24) is 4.98 Å². The van der Waals surface area contributed by atoms with Gasteiger partial charge in [-0.25, -0.2) is 0 Å². The molecule has 2 rings (SSSR count). The number of H-pyrrole nitrogens is 1. The molecule has 1 amide bonds. The Labute approximate surface area is 158 Å². The predicted octanol–water partition coefficient (Wildman–Crippen LogP) is -0.258. The van der Waals surface area contributed by atoms with E-state index in [1.54, 1.807) is 0 Å². The van der Waals surface area contributed by atoms with E-state index in [9.17, 15) is 4.79 Å². The Hall–Kier alpha value is -1.30. The second-order valence-corrected chi connectivity index (χ2v) is 5.23. The van der Waals surface area contributed by atoms with E-state index >= 15 is 0 Å². The summed E-state index contributed by atoms with van der Waals surface area (Å²) in [5.41, 5.74) is 9.73. The minimum atomic E-state index is -0.275. The Bertz CT molecular complexity index is 638. The van der Waals surface area contributed by atoms with E-state index in [1.165, 1.54) is 12.8 Å². The van der Waals surface area contributed by atoms with Crippen LogP contribution >= 0.6 is 0 Å². The number of fused-ring (bicyclic) bond motifs is 1. The van der Waals surface area contributed by atoms with Gasteiger partial charge in [0.2, 0.25) is 5.91 Å². The van der Waals surface area contributed by atoms with Gasteiger partial charge in [0.25, 0.3) is 6.47 Å². The number of carboxylic acid groups (broad SMARTS) is 1. The molecule has 1 heterocycles. The smallest absolute Gasteiger partial charge is 0.483 e. The molecule has 4 N–H and O–H groups in total. The Morgan fingerprint density at radius 3 is 2.65 bits per heavy atom. The summed E-state index contributed by atoms with van der Waals surface area (Å²) in [6, 6.07) is 7.22. The zero-order valence-electron chi connectivity index (χ0n) is 14.1. The third kappa shape index (κ3) is 6.77. The van der Waals surface area contributed by atoms with Crippen molar-refractivity contribution in [1.29, 1.82) is 0 Å². The van der Waals surface area contributed by atoms with Crippen LogP contribution in [0.2, 0.25) is 0 Å². The first kappa shape index (κ1) is 21.7. The van der Waals surface area contributed by atoms with Crippen LogP contribution in [0.3, 0.4) is 0 Å². The Morgan fingerprint density at radius 1 is 1.43 bits per heavy atom. The average Bonchev–Trinajstić information content (AvgIpc) is 2.77. The number of aryl methyl sites for hydroxylation is 2. The third-order valence-corrected chi connectivity index (χ3v) is 3.45. The van der Waals surface area contributed by atoms with Crippen molar-refractivity contribution in [3.05, 3.63) is 35.0 Å². The maximum absolute atomic E-state index is 11.3. The van der Waals surface area contributed by atoms with Gasteiger partial charge >= 0.3 is 29.6 Å². The molecule has 0 aliphatic rings. The summed E-state index contributed by atoms with van der Waals surface area (Å²) in [6.45, 7) is 3.95. The molecular weight excluding hydrogens is 303 g/mol. The normalized spacial score (nSPS) is 9.65. The van der Waals surface area contributed by atoms with E-state index < -0.39 is 0 Å². The number of rotatable bonds is 6. The Kier molecular flexibility index (Phi) is 10.6. The summed E-state index contributed by atoms with van der Waals surface area (Å²) in [5, 5.41) is 8.00. The summed E-state index contributed by atoms with van der Waals surface area (Å²) in [4.78, 5) is 23.1. The van der Waals surface area contributed by atoms with Gasteiger partial charge in [-0.05, 0) is 18.4 Å². The van der Waals surface area contributed by atoms with E-state index in [4.69, 9.17) is 15.6 Å². The number of carbonyl (C=O) groups is 2. The number of primary amides is 1. The zero-order chi connectivity index (χ0) is 16.5. The molecule has 0 bridgehead atoms. The minimum absolute atomic E-state index is 0. The monoisotopic (exact) mass is 326 g/mol. The molecule has 6 heteroatoms. The van der Waals surface area contributed by atoms with E-state index in [2.05, 4.69) is 24.0 Å². The van der Waals surface area contributed by atoms with E-state index in [0.29, 0.717) is 6.42 Å². The molecule has 0 atom stereocenters. The number of aromatic nitrogens is 1. The summed E-state index contributed by atoms with van der Waals surface area (Å²) in [6.07, 6.45) is 4.82. The first-order valence-electron chi connectivity index (χ1n) is 7.41. The summed E-state index contributed by atoms with van der Waals surface area (Å²) in [5.74, 6) is -0.275. The topological polar surface area (TPSA) is 96.2 Å². The minimum Gasteiger partial charge on any atom is -0.483 e. The van der Waals surface area contributed by atoms with E-state index in [-0.39, 0.29) is 41.9 Å². The van der Waals surface area contributed by atoms with Gasteiger partial charge in [-0.2, -0.15) is 23.8 Å². The van der Waals surface area contributed by atoms with Crippen LogP contribution in [0.1, 0.15) is 43.0 Å². The molecule has 0 saturated heterocycles. The van der Waals surface area contributed by atoms with Crippen LogP contribution in [0.5, 0.6) is 0 Å². The van der Waals surface area contributed by atoms with Crippen LogP contribution in [-0.4, -0.2) is 22.5 Å². The number of amides is 1. The van der Waals surface area contributed by atoms with Crippen molar-refractivity contribution in [3.63, 3.8) is 0 Å². The quantitative estimate of drug-likeness (QED) is 0.295. The fourth-order valence-corrected chi connectivity index (χ4v) is 2.49. The first-order chi connectivity index (χ1) is 10.5. The second kappa shape index (κ2) is 11.3. The van der Waals surface area contributed by atoms with Crippen LogP contribution in [-0.2, 0) is 22.4 Å². The molecule has 120 valence electrons. The Balaban J connectivity index is 0.00000112. The largest absolute Gasteiger partial charge is 1.00 e. The molecular formula is C17H23N2NaO3. The maximum Gasteiger partial charge on any atom is 1.00 e. The van der Waals surface area contributed by atoms with Gasteiger partial charge < -0.3 is 15.8 Å². The molecule has 0 saturated carbocycles. The molecule has 1 aromatic heterocycles. The van der Waals surface area contributed by atoms with Crippen molar-refractivity contribution in [2.24, 2.45) is 5.73 Å². The molecule has 23 heavy (non-hydrogen) atoms. The standard InChI is InChI=1S/C16H21N2O.CH2O2.Na/c1-3-4-5-6-14-13(10-16(17)19)12-9-11(2)7-8-15(12)18-14;2-1-3;/h8-9,18H,3-6,10H2,1-2H3,(H2,17,19);1H,(H,2,3);/q-1;;+1. The van der Waals surface area contributed by atoms with Crippen LogP contribution in [0, 0.1) is 13.0 Å². The molecule has 0 radical (unpaired) electrons. The van der Waals surface area contributed by atoms with Gasteiger partial charge in [0.15, 0.2) is 0 Å². The van der Waals surface area contributed by atoms with Gasteiger partial charge in [0.1, 0.15) is 0 Å². The number of hydrogen-bond donors (Lipinski definition) is 3. The summed E-state index contributed by atoms with van der Waals surface area (Å²) < 4.78 is 0. The molecule has 0 fully saturated rings.